The van der Waals surface area contributed by atoms with Crippen LogP contribution in [0.15, 0.2) is 30.5 Å². The van der Waals surface area contributed by atoms with E-state index in [1.807, 2.05) is 30.5 Å². The molecule has 2 rings (SSSR count). The number of rotatable bonds is 5. The molecule has 4 nitrogen and oxygen atoms in total. The lowest BCUT2D eigenvalue weighted by molar-refractivity contribution is -0.128. The standard InChI is InChI=1S/C15H20N2O2/c1-16(2)15(19)7-4-9-17-10-8-13-12(11-18)5-3-6-14(13)17/h3,5-6,8,10,18H,4,7,9,11H2,1-2H3. The molecule has 0 saturated heterocycles. The first-order valence-electron chi connectivity index (χ1n) is 6.51. The van der Waals surface area contributed by atoms with Gasteiger partial charge in [-0.05, 0) is 24.1 Å². The number of aromatic nitrogens is 1. The lowest BCUT2D eigenvalue weighted by atomic mass is 10.1. The third-order valence-electron chi connectivity index (χ3n) is 3.36. The monoisotopic (exact) mass is 260 g/mol. The summed E-state index contributed by atoms with van der Waals surface area (Å²) in [6.07, 6.45) is 3.40. The Morgan fingerprint density at radius 2 is 2.11 bits per heavy atom. The van der Waals surface area contributed by atoms with Crippen LogP contribution < -0.4 is 0 Å². The number of carbonyl (C=O) groups is 1. The predicted octanol–water partition coefficient (Wildman–Crippen LogP) is 2.00. The zero-order valence-corrected chi connectivity index (χ0v) is 11.5. The molecule has 0 unspecified atom stereocenters. The maximum Gasteiger partial charge on any atom is 0.222 e. The molecule has 1 N–H and O–H groups in total. The highest BCUT2D eigenvalue weighted by Crippen LogP contribution is 2.20. The van der Waals surface area contributed by atoms with Gasteiger partial charge in [0.25, 0.3) is 0 Å². The highest BCUT2D eigenvalue weighted by Gasteiger charge is 2.06. The molecule has 19 heavy (non-hydrogen) atoms. The summed E-state index contributed by atoms with van der Waals surface area (Å²) in [5.74, 6) is 0.160. The van der Waals surface area contributed by atoms with E-state index in [1.54, 1.807) is 19.0 Å². The van der Waals surface area contributed by atoms with Crippen molar-refractivity contribution in [1.29, 1.82) is 0 Å². The van der Waals surface area contributed by atoms with Crippen LogP contribution in [0.3, 0.4) is 0 Å². The van der Waals surface area contributed by atoms with Crippen LogP contribution in [0.25, 0.3) is 10.9 Å². The minimum Gasteiger partial charge on any atom is -0.392 e. The fourth-order valence-corrected chi connectivity index (χ4v) is 2.24. The molecule has 1 heterocycles. The van der Waals surface area contributed by atoms with Gasteiger partial charge in [0.1, 0.15) is 0 Å². The molecule has 0 aliphatic rings. The molecule has 0 bridgehead atoms. The van der Waals surface area contributed by atoms with E-state index in [2.05, 4.69) is 4.57 Å². The van der Waals surface area contributed by atoms with Crippen molar-refractivity contribution in [3.05, 3.63) is 36.0 Å². The number of fused-ring (bicyclic) bond motifs is 1. The molecule has 0 atom stereocenters. The number of aliphatic hydroxyl groups is 1. The summed E-state index contributed by atoms with van der Waals surface area (Å²) in [6.45, 7) is 0.873. The van der Waals surface area contributed by atoms with Crippen LogP contribution in [-0.2, 0) is 17.9 Å². The molecule has 1 aromatic carbocycles. The number of benzene rings is 1. The van der Waals surface area contributed by atoms with Crippen molar-refractivity contribution in [2.45, 2.75) is 26.0 Å². The van der Waals surface area contributed by atoms with Crippen LogP contribution in [0.2, 0.25) is 0 Å². The Hall–Kier alpha value is -1.81. The first-order valence-corrected chi connectivity index (χ1v) is 6.51. The van der Waals surface area contributed by atoms with Gasteiger partial charge in [0.15, 0.2) is 0 Å². The minimum atomic E-state index is 0.0560. The number of nitrogens with zero attached hydrogens (tertiary/aromatic N) is 2. The van der Waals surface area contributed by atoms with Crippen molar-refractivity contribution in [2.24, 2.45) is 0 Å². The Morgan fingerprint density at radius 3 is 2.79 bits per heavy atom. The topological polar surface area (TPSA) is 45.5 Å². The van der Waals surface area contributed by atoms with Gasteiger partial charge < -0.3 is 14.6 Å². The minimum absolute atomic E-state index is 0.0560. The SMILES string of the molecule is CN(C)C(=O)CCCn1ccc2c(CO)cccc21. The van der Waals surface area contributed by atoms with Gasteiger partial charge in [0.05, 0.1) is 6.61 Å². The quantitative estimate of drug-likeness (QED) is 0.893. The first kappa shape index (κ1) is 13.6. The Bertz CT molecular complexity index is 573. The summed E-state index contributed by atoms with van der Waals surface area (Å²) in [5.41, 5.74) is 2.06. The van der Waals surface area contributed by atoms with E-state index in [4.69, 9.17) is 0 Å². The van der Waals surface area contributed by atoms with E-state index >= 15 is 0 Å². The number of aryl methyl sites for hydroxylation is 1. The van der Waals surface area contributed by atoms with Crippen LogP contribution in [0, 0.1) is 0 Å². The third-order valence-corrected chi connectivity index (χ3v) is 3.36. The average molecular weight is 260 g/mol. The molecule has 0 fully saturated rings. The van der Waals surface area contributed by atoms with Crippen molar-refractivity contribution >= 4 is 16.8 Å². The van der Waals surface area contributed by atoms with Crippen LogP contribution in [0.1, 0.15) is 18.4 Å². The van der Waals surface area contributed by atoms with Gasteiger partial charge in [-0.1, -0.05) is 12.1 Å². The molecule has 1 aromatic heterocycles. The summed E-state index contributed by atoms with van der Waals surface area (Å²) in [7, 11) is 3.56. The highest BCUT2D eigenvalue weighted by molar-refractivity contribution is 5.83. The molecular weight excluding hydrogens is 240 g/mol. The van der Waals surface area contributed by atoms with Crippen molar-refractivity contribution in [2.75, 3.05) is 14.1 Å². The number of carbonyl (C=O) groups excluding carboxylic acids is 1. The zero-order valence-electron chi connectivity index (χ0n) is 11.5. The van der Waals surface area contributed by atoms with Crippen LogP contribution >= 0.6 is 0 Å². The van der Waals surface area contributed by atoms with Crippen molar-refractivity contribution in [3.8, 4) is 0 Å². The number of hydrogen-bond acceptors (Lipinski definition) is 2. The Balaban J connectivity index is 2.08. The van der Waals surface area contributed by atoms with Gasteiger partial charge in [-0.25, -0.2) is 0 Å². The first-order chi connectivity index (χ1) is 9.13. The van der Waals surface area contributed by atoms with Crippen molar-refractivity contribution in [3.63, 3.8) is 0 Å². The Morgan fingerprint density at radius 1 is 1.32 bits per heavy atom. The molecule has 0 aliphatic carbocycles. The average Bonchev–Trinajstić information content (AvgIpc) is 2.81. The fraction of sp³-hybridized carbons (Fsp3) is 0.400. The van der Waals surface area contributed by atoms with Crippen molar-refractivity contribution < 1.29 is 9.90 Å². The van der Waals surface area contributed by atoms with Gasteiger partial charge in [-0.2, -0.15) is 0 Å². The number of aliphatic hydroxyl groups excluding tert-OH is 1. The summed E-state index contributed by atoms with van der Waals surface area (Å²) in [6, 6.07) is 7.95. The van der Waals surface area contributed by atoms with E-state index in [0.717, 1.165) is 29.4 Å². The molecule has 2 aromatic rings. The summed E-state index contributed by atoms with van der Waals surface area (Å²) in [5, 5.41) is 10.4. The normalized spacial score (nSPS) is 10.9. The summed E-state index contributed by atoms with van der Waals surface area (Å²) < 4.78 is 2.14. The van der Waals surface area contributed by atoms with E-state index in [9.17, 15) is 9.90 Å². The smallest absolute Gasteiger partial charge is 0.222 e. The second kappa shape index (κ2) is 5.89. The van der Waals surface area contributed by atoms with E-state index in [-0.39, 0.29) is 12.5 Å². The van der Waals surface area contributed by atoms with E-state index in [0.29, 0.717) is 6.42 Å². The van der Waals surface area contributed by atoms with Crippen LogP contribution in [-0.4, -0.2) is 34.6 Å². The third kappa shape index (κ3) is 2.96. The summed E-state index contributed by atoms with van der Waals surface area (Å²) >= 11 is 0. The molecule has 0 aliphatic heterocycles. The largest absolute Gasteiger partial charge is 0.392 e. The van der Waals surface area contributed by atoms with Gasteiger partial charge in [0, 0.05) is 44.2 Å². The molecule has 0 spiro atoms. The second-order valence-electron chi connectivity index (χ2n) is 4.91. The number of hydrogen-bond donors (Lipinski definition) is 1. The van der Waals surface area contributed by atoms with E-state index in [1.165, 1.54) is 0 Å². The molecule has 102 valence electrons. The van der Waals surface area contributed by atoms with Crippen LogP contribution in [0.5, 0.6) is 0 Å². The fourth-order valence-electron chi connectivity index (χ4n) is 2.24. The van der Waals surface area contributed by atoms with Gasteiger partial charge >= 0.3 is 0 Å². The molecule has 0 radical (unpaired) electrons. The lowest BCUT2D eigenvalue weighted by Gasteiger charge is -2.10. The highest BCUT2D eigenvalue weighted by atomic mass is 16.3. The summed E-state index contributed by atoms with van der Waals surface area (Å²) in [4.78, 5) is 13.1. The maximum atomic E-state index is 11.5. The zero-order chi connectivity index (χ0) is 13.8. The Kier molecular flexibility index (Phi) is 4.22. The second-order valence-corrected chi connectivity index (χ2v) is 4.91. The maximum absolute atomic E-state index is 11.5. The van der Waals surface area contributed by atoms with E-state index < -0.39 is 0 Å². The molecular formula is C15H20N2O2. The van der Waals surface area contributed by atoms with Gasteiger partial charge in [0.2, 0.25) is 5.91 Å². The lowest BCUT2D eigenvalue weighted by Crippen LogP contribution is -2.21. The number of amides is 1. The Labute approximate surface area is 113 Å². The molecule has 0 saturated carbocycles. The molecule has 1 amide bonds. The van der Waals surface area contributed by atoms with Crippen molar-refractivity contribution in [1.82, 2.24) is 9.47 Å². The predicted molar refractivity (Wildman–Crippen MR) is 75.8 cm³/mol. The van der Waals surface area contributed by atoms with Gasteiger partial charge in [-0.3, -0.25) is 4.79 Å². The molecule has 4 heteroatoms. The van der Waals surface area contributed by atoms with Crippen LogP contribution in [0.4, 0.5) is 0 Å². The van der Waals surface area contributed by atoms with Gasteiger partial charge in [-0.15, -0.1) is 0 Å².